The first kappa shape index (κ1) is 17.8. The molecule has 8 nitrogen and oxygen atoms in total. The lowest BCUT2D eigenvalue weighted by Crippen LogP contribution is -2.41. The predicted molar refractivity (Wildman–Crippen MR) is 90.9 cm³/mol. The summed E-state index contributed by atoms with van der Waals surface area (Å²) >= 11 is 6.00. The van der Waals surface area contributed by atoms with Gasteiger partial charge >= 0.3 is 5.97 Å². The standard InChI is InChI=1S/C17H13ClN2O6/c1-8(21)20(7-14(23)24)17(25)15-12(22)4-3-10-16(15)26-13-5-2-9(18)6-11(13)19-10/h3-4,6H,2,5,7H2,1H3,(H,23,24). The second kappa shape index (κ2) is 6.72. The molecule has 0 radical (unpaired) electrons. The van der Waals surface area contributed by atoms with Gasteiger partial charge in [0.1, 0.15) is 29.3 Å². The number of aliphatic carboxylic acids is 1. The Labute approximate surface area is 152 Å². The van der Waals surface area contributed by atoms with Crippen LogP contribution in [0.15, 0.2) is 26.4 Å². The van der Waals surface area contributed by atoms with Crippen molar-refractivity contribution in [2.75, 3.05) is 6.54 Å². The van der Waals surface area contributed by atoms with Crippen molar-refractivity contribution in [1.82, 2.24) is 9.88 Å². The van der Waals surface area contributed by atoms with Crippen LogP contribution in [0.3, 0.4) is 0 Å². The molecule has 2 amide bonds. The summed E-state index contributed by atoms with van der Waals surface area (Å²) in [4.78, 5) is 52.4. The molecular formula is C17H13ClN2O6. The van der Waals surface area contributed by atoms with Crippen LogP contribution >= 0.6 is 11.6 Å². The van der Waals surface area contributed by atoms with Gasteiger partial charge < -0.3 is 9.52 Å². The summed E-state index contributed by atoms with van der Waals surface area (Å²) in [6.07, 6.45) is 2.61. The lowest BCUT2D eigenvalue weighted by Gasteiger charge is -2.19. The minimum atomic E-state index is -1.38. The molecule has 0 saturated heterocycles. The molecule has 1 N–H and O–H groups in total. The van der Waals surface area contributed by atoms with Gasteiger partial charge in [0.2, 0.25) is 5.91 Å². The number of carboxylic acid groups (broad SMARTS) is 1. The summed E-state index contributed by atoms with van der Waals surface area (Å²) in [5, 5.41) is 9.53. The number of carbonyl (C=O) groups is 3. The third-order valence-electron chi connectivity index (χ3n) is 3.87. The average Bonchev–Trinajstić information content (AvgIpc) is 2.57. The molecule has 2 aliphatic carbocycles. The Balaban J connectivity index is 2.18. The molecule has 26 heavy (non-hydrogen) atoms. The SMILES string of the molecule is CC(=O)N(CC(=O)O)C(=O)c1c2oc3c(nc-2ccc1=O)C=C(Cl)CC3. The number of fused-ring (bicyclic) bond motifs is 2. The number of benzene rings is 1. The minimum absolute atomic E-state index is 0.0793. The first-order valence-corrected chi connectivity index (χ1v) is 8.02. The summed E-state index contributed by atoms with van der Waals surface area (Å²) < 4.78 is 5.73. The zero-order chi connectivity index (χ0) is 19.0. The number of carboxylic acids is 1. The van der Waals surface area contributed by atoms with Crippen LogP contribution in [-0.2, 0) is 16.0 Å². The topological polar surface area (TPSA) is 118 Å². The van der Waals surface area contributed by atoms with Crippen LogP contribution in [0, 0.1) is 0 Å². The van der Waals surface area contributed by atoms with Crippen molar-refractivity contribution in [2.24, 2.45) is 0 Å². The first-order valence-electron chi connectivity index (χ1n) is 7.65. The Kier molecular flexibility index (Phi) is 4.60. The number of hydrogen-bond donors (Lipinski definition) is 1. The van der Waals surface area contributed by atoms with Gasteiger partial charge in [0, 0.05) is 18.4 Å². The van der Waals surface area contributed by atoms with Crippen molar-refractivity contribution in [2.45, 2.75) is 19.8 Å². The number of aryl methyl sites for hydroxylation is 1. The number of aromatic nitrogens is 1. The number of hydrogen-bond acceptors (Lipinski definition) is 6. The van der Waals surface area contributed by atoms with E-state index in [-0.39, 0.29) is 11.5 Å². The Bertz CT molecular complexity index is 993. The van der Waals surface area contributed by atoms with Gasteiger partial charge in [-0.25, -0.2) is 4.98 Å². The number of amides is 2. The lowest BCUT2D eigenvalue weighted by atomic mass is 10.0. The van der Waals surface area contributed by atoms with Gasteiger partial charge in [0.15, 0.2) is 11.2 Å². The Morgan fingerprint density at radius 3 is 2.69 bits per heavy atom. The summed E-state index contributed by atoms with van der Waals surface area (Å²) in [5.74, 6) is -2.84. The van der Waals surface area contributed by atoms with Crippen molar-refractivity contribution < 1.29 is 23.9 Å². The molecule has 1 heterocycles. The average molecular weight is 377 g/mol. The van der Waals surface area contributed by atoms with Gasteiger partial charge in [0.05, 0.1) is 0 Å². The first-order chi connectivity index (χ1) is 12.3. The van der Waals surface area contributed by atoms with Crippen LogP contribution < -0.4 is 5.43 Å². The van der Waals surface area contributed by atoms with Crippen LogP contribution in [0.4, 0.5) is 0 Å². The van der Waals surface area contributed by atoms with E-state index >= 15 is 0 Å². The third kappa shape index (κ3) is 3.23. The molecule has 1 aliphatic heterocycles. The van der Waals surface area contributed by atoms with Gasteiger partial charge in [-0.2, -0.15) is 0 Å². The van der Waals surface area contributed by atoms with Crippen LogP contribution in [0.25, 0.3) is 17.5 Å². The number of allylic oxidation sites excluding steroid dienone is 1. The monoisotopic (exact) mass is 376 g/mol. The molecule has 3 aliphatic rings. The van der Waals surface area contributed by atoms with E-state index in [2.05, 4.69) is 4.98 Å². The minimum Gasteiger partial charge on any atom is -0.480 e. The van der Waals surface area contributed by atoms with Crippen molar-refractivity contribution in [3.8, 4) is 11.5 Å². The quantitative estimate of drug-likeness (QED) is 0.866. The molecule has 0 fully saturated rings. The molecule has 0 aromatic carbocycles. The second-order valence-corrected chi connectivity index (χ2v) is 6.19. The van der Waals surface area contributed by atoms with Gasteiger partial charge in [-0.15, -0.1) is 0 Å². The maximum absolute atomic E-state index is 12.7. The fourth-order valence-electron chi connectivity index (χ4n) is 2.66. The summed E-state index contributed by atoms with van der Waals surface area (Å²) in [6.45, 7) is 0.182. The highest BCUT2D eigenvalue weighted by molar-refractivity contribution is 6.31. The summed E-state index contributed by atoms with van der Waals surface area (Å²) in [5.41, 5.74) is -0.378. The van der Waals surface area contributed by atoms with E-state index in [1.165, 1.54) is 6.07 Å². The fraction of sp³-hybridized carbons (Fsp3) is 0.235. The molecule has 134 valence electrons. The van der Waals surface area contributed by atoms with E-state index in [0.717, 1.165) is 13.0 Å². The number of imide groups is 1. The number of carbonyl (C=O) groups excluding carboxylic acids is 2. The largest absolute Gasteiger partial charge is 0.480 e. The van der Waals surface area contributed by atoms with Crippen LogP contribution in [0.2, 0.25) is 0 Å². The molecule has 0 aromatic rings. The van der Waals surface area contributed by atoms with Crippen molar-refractivity contribution in [3.05, 3.63) is 44.4 Å². The van der Waals surface area contributed by atoms with Crippen LogP contribution in [0.5, 0.6) is 0 Å². The molecule has 0 bridgehead atoms. The van der Waals surface area contributed by atoms with E-state index in [9.17, 15) is 19.2 Å². The molecule has 0 aromatic heterocycles. The van der Waals surface area contributed by atoms with Gasteiger partial charge in [-0.1, -0.05) is 11.6 Å². The van der Waals surface area contributed by atoms with Gasteiger partial charge in [0.25, 0.3) is 5.91 Å². The summed E-state index contributed by atoms with van der Waals surface area (Å²) in [7, 11) is 0. The third-order valence-corrected chi connectivity index (χ3v) is 4.17. The van der Waals surface area contributed by atoms with Crippen LogP contribution in [-0.4, -0.2) is 39.3 Å². The Morgan fingerprint density at radius 2 is 2.04 bits per heavy atom. The second-order valence-electron chi connectivity index (χ2n) is 5.70. The maximum atomic E-state index is 12.7. The molecule has 0 atom stereocenters. The molecule has 0 saturated carbocycles. The van der Waals surface area contributed by atoms with Gasteiger partial charge in [-0.3, -0.25) is 24.1 Å². The summed E-state index contributed by atoms with van der Waals surface area (Å²) in [6, 6.07) is 2.52. The highest BCUT2D eigenvalue weighted by Gasteiger charge is 2.30. The molecule has 0 unspecified atom stereocenters. The zero-order valence-electron chi connectivity index (χ0n) is 13.6. The highest BCUT2D eigenvalue weighted by Crippen LogP contribution is 2.31. The smallest absolute Gasteiger partial charge is 0.323 e. The fourth-order valence-corrected chi connectivity index (χ4v) is 2.85. The Hall–Kier alpha value is -3.00. The van der Waals surface area contributed by atoms with E-state index in [0.29, 0.717) is 34.2 Å². The van der Waals surface area contributed by atoms with E-state index < -0.39 is 35.3 Å². The molecule has 3 rings (SSSR count). The Morgan fingerprint density at radius 1 is 1.31 bits per heavy atom. The van der Waals surface area contributed by atoms with E-state index in [4.69, 9.17) is 21.1 Å². The molecule has 9 heteroatoms. The highest BCUT2D eigenvalue weighted by atomic mass is 35.5. The normalized spacial score (nSPS) is 13.1. The van der Waals surface area contributed by atoms with Gasteiger partial charge in [-0.05, 0) is 24.6 Å². The zero-order valence-corrected chi connectivity index (χ0v) is 14.4. The van der Waals surface area contributed by atoms with Crippen molar-refractivity contribution in [3.63, 3.8) is 0 Å². The van der Waals surface area contributed by atoms with Crippen LogP contribution in [0.1, 0.15) is 35.2 Å². The predicted octanol–water partition coefficient (Wildman–Crippen LogP) is 1.74. The van der Waals surface area contributed by atoms with Crippen molar-refractivity contribution in [1.29, 1.82) is 0 Å². The van der Waals surface area contributed by atoms with E-state index in [1.54, 1.807) is 6.08 Å². The molecular weight excluding hydrogens is 364 g/mol. The number of halogens is 1. The number of nitrogens with zero attached hydrogens (tertiary/aromatic N) is 2. The molecule has 0 spiro atoms. The van der Waals surface area contributed by atoms with Crippen molar-refractivity contribution >= 4 is 35.5 Å². The maximum Gasteiger partial charge on any atom is 0.323 e. The van der Waals surface area contributed by atoms with E-state index in [1.807, 2.05) is 0 Å². The number of rotatable bonds is 3. The lowest BCUT2D eigenvalue weighted by molar-refractivity contribution is -0.142.